The minimum Gasteiger partial charge on any atom is -0.476 e. The Bertz CT molecular complexity index is 321. The zero-order valence-corrected chi connectivity index (χ0v) is 7.65. The molecule has 12 heavy (non-hydrogen) atoms. The zero-order chi connectivity index (χ0) is 9.14. The predicted octanol–water partition coefficient (Wildman–Crippen LogP) is 0.925. The highest BCUT2D eigenvalue weighted by molar-refractivity contribution is 9.10. The average molecular weight is 232 g/mol. The van der Waals surface area contributed by atoms with Gasteiger partial charge in [-0.2, -0.15) is 0 Å². The number of aromatic carboxylic acids is 1. The summed E-state index contributed by atoms with van der Waals surface area (Å²) in [5, 5.41) is 15.8. The molecule has 0 aromatic carbocycles. The van der Waals surface area contributed by atoms with Crippen LogP contribution in [-0.4, -0.2) is 26.1 Å². The maximum Gasteiger partial charge on any atom is 0.357 e. The van der Waals surface area contributed by atoms with Gasteiger partial charge in [-0.15, -0.1) is 11.7 Å². The van der Waals surface area contributed by atoms with Crippen LogP contribution >= 0.6 is 15.9 Å². The molecule has 0 atom stereocenters. The summed E-state index contributed by atoms with van der Waals surface area (Å²) in [6, 6.07) is 0. The molecule has 1 rings (SSSR count). The molecule has 0 aliphatic carbocycles. The topological polar surface area (TPSA) is 68.0 Å². The molecule has 0 unspecified atom stereocenters. The molecule has 1 N–H and O–H groups in total. The maximum atomic E-state index is 10.6. The van der Waals surface area contributed by atoms with Gasteiger partial charge >= 0.3 is 5.97 Å². The van der Waals surface area contributed by atoms with Gasteiger partial charge in [-0.25, -0.2) is 9.48 Å². The lowest BCUT2D eigenvalue weighted by molar-refractivity contribution is 0.0683. The third-order valence-electron chi connectivity index (χ3n) is 1.20. The van der Waals surface area contributed by atoms with Crippen LogP contribution in [0, 0.1) is 0 Å². The molecule has 5 nitrogen and oxygen atoms in total. The Morgan fingerprint density at radius 1 is 1.83 bits per heavy atom. The van der Waals surface area contributed by atoms with Crippen LogP contribution in [0.1, 0.15) is 10.5 Å². The van der Waals surface area contributed by atoms with Crippen LogP contribution in [-0.2, 0) is 6.54 Å². The Balaban J connectivity index is 3.11. The van der Waals surface area contributed by atoms with Crippen LogP contribution in [0.5, 0.6) is 0 Å². The maximum absolute atomic E-state index is 10.6. The largest absolute Gasteiger partial charge is 0.476 e. The molecule has 64 valence electrons. The molecule has 1 aromatic rings. The van der Waals surface area contributed by atoms with Gasteiger partial charge < -0.3 is 5.11 Å². The number of nitrogens with zero attached hydrogens (tertiary/aromatic N) is 3. The summed E-state index contributed by atoms with van der Waals surface area (Å²) in [7, 11) is 0. The first kappa shape index (κ1) is 8.92. The summed E-state index contributed by atoms with van der Waals surface area (Å²) in [5.74, 6) is -1.06. The van der Waals surface area contributed by atoms with E-state index >= 15 is 0 Å². The molecule has 0 amide bonds. The summed E-state index contributed by atoms with van der Waals surface area (Å²) in [5.41, 5.74) is 0.0369. The molecule has 1 aromatic heterocycles. The van der Waals surface area contributed by atoms with Gasteiger partial charge in [-0.05, 0) is 15.9 Å². The van der Waals surface area contributed by atoms with Crippen molar-refractivity contribution in [1.29, 1.82) is 0 Å². The number of hydrogen-bond donors (Lipinski definition) is 1. The first-order chi connectivity index (χ1) is 5.66. The van der Waals surface area contributed by atoms with E-state index in [1.54, 1.807) is 6.08 Å². The lowest BCUT2D eigenvalue weighted by atomic mass is 10.4. The van der Waals surface area contributed by atoms with Crippen molar-refractivity contribution in [3.8, 4) is 0 Å². The van der Waals surface area contributed by atoms with Crippen molar-refractivity contribution >= 4 is 21.9 Å². The third kappa shape index (κ3) is 1.53. The fraction of sp³-hybridized carbons (Fsp3) is 0.167. The third-order valence-corrected chi connectivity index (χ3v) is 1.73. The number of aromatic nitrogens is 3. The Kier molecular flexibility index (Phi) is 2.59. The minimum atomic E-state index is -1.06. The standard InChI is InChI=1S/C6H6BrN3O2/c1-2-3-10-4(6(11)12)5(7)8-9-10/h2H,1,3H2,(H,11,12). The molecular formula is C6H6BrN3O2. The summed E-state index contributed by atoms with van der Waals surface area (Å²) < 4.78 is 1.48. The molecule has 0 saturated heterocycles. The average Bonchev–Trinajstić information content (AvgIpc) is 2.32. The van der Waals surface area contributed by atoms with Crippen LogP contribution in [0.3, 0.4) is 0 Å². The van der Waals surface area contributed by atoms with Gasteiger partial charge in [0.2, 0.25) is 0 Å². The summed E-state index contributed by atoms with van der Waals surface area (Å²) >= 11 is 2.98. The van der Waals surface area contributed by atoms with Gasteiger partial charge in [0.05, 0.1) is 6.54 Å². The molecule has 6 heteroatoms. The molecule has 0 aliphatic heterocycles. The second kappa shape index (κ2) is 3.48. The van der Waals surface area contributed by atoms with E-state index in [-0.39, 0.29) is 10.3 Å². The van der Waals surface area contributed by atoms with E-state index in [9.17, 15) is 4.79 Å². The molecule has 1 heterocycles. The van der Waals surface area contributed by atoms with Crippen LogP contribution in [0.4, 0.5) is 0 Å². The van der Waals surface area contributed by atoms with E-state index in [1.807, 2.05) is 0 Å². The lowest BCUT2D eigenvalue weighted by Crippen LogP contribution is -2.09. The predicted molar refractivity (Wildman–Crippen MR) is 44.9 cm³/mol. The Hall–Kier alpha value is -1.17. The van der Waals surface area contributed by atoms with Crippen molar-refractivity contribution in [1.82, 2.24) is 15.0 Å². The quantitative estimate of drug-likeness (QED) is 0.787. The molecule has 0 spiro atoms. The van der Waals surface area contributed by atoms with Crippen molar-refractivity contribution < 1.29 is 9.90 Å². The number of rotatable bonds is 3. The van der Waals surface area contributed by atoms with Gasteiger partial charge in [0.25, 0.3) is 0 Å². The second-order valence-electron chi connectivity index (χ2n) is 2.00. The van der Waals surface area contributed by atoms with Crippen molar-refractivity contribution in [2.75, 3.05) is 0 Å². The van der Waals surface area contributed by atoms with Crippen molar-refractivity contribution in [2.24, 2.45) is 0 Å². The molecule has 0 radical (unpaired) electrons. The number of carbonyl (C=O) groups is 1. The fourth-order valence-electron chi connectivity index (χ4n) is 0.741. The van der Waals surface area contributed by atoms with Gasteiger partial charge in [0.15, 0.2) is 10.3 Å². The highest BCUT2D eigenvalue weighted by atomic mass is 79.9. The Morgan fingerprint density at radius 2 is 2.50 bits per heavy atom. The summed E-state index contributed by atoms with van der Waals surface area (Å²) in [6.07, 6.45) is 1.55. The number of allylic oxidation sites excluding steroid dienone is 1. The van der Waals surface area contributed by atoms with Gasteiger partial charge in [-0.3, -0.25) is 0 Å². The van der Waals surface area contributed by atoms with Crippen LogP contribution in [0.2, 0.25) is 0 Å². The minimum absolute atomic E-state index is 0.0369. The van der Waals surface area contributed by atoms with E-state index in [2.05, 4.69) is 32.8 Å². The smallest absolute Gasteiger partial charge is 0.357 e. The number of carboxylic acid groups (broad SMARTS) is 1. The van der Waals surface area contributed by atoms with Crippen molar-refractivity contribution in [3.63, 3.8) is 0 Å². The van der Waals surface area contributed by atoms with E-state index in [0.29, 0.717) is 6.54 Å². The van der Waals surface area contributed by atoms with Gasteiger partial charge in [0, 0.05) is 0 Å². The van der Waals surface area contributed by atoms with Crippen LogP contribution in [0.15, 0.2) is 17.3 Å². The zero-order valence-electron chi connectivity index (χ0n) is 6.07. The number of hydrogen-bond acceptors (Lipinski definition) is 3. The molecule has 0 aliphatic rings. The van der Waals surface area contributed by atoms with Crippen molar-refractivity contribution in [3.05, 3.63) is 23.0 Å². The summed E-state index contributed by atoms with van der Waals surface area (Å²) in [6.45, 7) is 3.80. The highest BCUT2D eigenvalue weighted by Gasteiger charge is 2.16. The van der Waals surface area contributed by atoms with Crippen LogP contribution in [0.25, 0.3) is 0 Å². The summed E-state index contributed by atoms with van der Waals surface area (Å²) in [4.78, 5) is 10.6. The van der Waals surface area contributed by atoms with Gasteiger partial charge in [0.1, 0.15) is 0 Å². The number of halogens is 1. The number of carboxylic acids is 1. The molecule has 0 bridgehead atoms. The fourth-order valence-corrected chi connectivity index (χ4v) is 1.19. The first-order valence-electron chi connectivity index (χ1n) is 3.10. The van der Waals surface area contributed by atoms with Crippen molar-refractivity contribution in [2.45, 2.75) is 6.54 Å². The van der Waals surface area contributed by atoms with Gasteiger partial charge in [-0.1, -0.05) is 11.3 Å². The second-order valence-corrected chi connectivity index (χ2v) is 2.76. The highest BCUT2D eigenvalue weighted by Crippen LogP contribution is 2.12. The van der Waals surface area contributed by atoms with Crippen LogP contribution < -0.4 is 0 Å². The normalized spacial score (nSPS) is 9.75. The van der Waals surface area contributed by atoms with E-state index in [1.165, 1.54) is 4.68 Å². The van der Waals surface area contributed by atoms with E-state index < -0.39 is 5.97 Å². The van der Waals surface area contributed by atoms with E-state index in [4.69, 9.17) is 5.11 Å². The molecule has 0 fully saturated rings. The monoisotopic (exact) mass is 231 g/mol. The Labute approximate surface area is 76.8 Å². The SMILES string of the molecule is C=CCn1nnc(Br)c1C(=O)O. The Morgan fingerprint density at radius 3 is 3.00 bits per heavy atom. The molecule has 0 saturated carbocycles. The molecular weight excluding hydrogens is 226 g/mol. The first-order valence-corrected chi connectivity index (χ1v) is 3.89. The lowest BCUT2D eigenvalue weighted by Gasteiger charge is -1.96. The van der Waals surface area contributed by atoms with E-state index in [0.717, 1.165) is 0 Å².